The van der Waals surface area contributed by atoms with Gasteiger partial charge in [0.25, 0.3) is 5.91 Å². The first-order chi connectivity index (χ1) is 9.49. The third kappa shape index (κ3) is 2.01. The number of rotatable bonds is 3. The number of hydrogen-bond acceptors (Lipinski definition) is 3. The van der Waals surface area contributed by atoms with Crippen LogP contribution in [0.15, 0.2) is 24.5 Å². The Bertz CT molecular complexity index is 664. The standard InChI is InChI=1S/C14H17FN4O/c1-14(15)6-2-5-11(14)18-12-9(13(16)20)8-17-19-7-3-4-10(12)19/h3-4,7-8,11,18H,2,5-6H2,1H3,(H2,16,20)/t11-,14-/m0/s1. The molecule has 6 heteroatoms. The number of nitrogens with zero attached hydrogens (tertiary/aromatic N) is 2. The molecular formula is C14H17FN4O. The molecule has 0 saturated heterocycles. The summed E-state index contributed by atoms with van der Waals surface area (Å²) >= 11 is 0. The van der Waals surface area contributed by atoms with Crippen molar-refractivity contribution < 1.29 is 9.18 Å². The van der Waals surface area contributed by atoms with E-state index >= 15 is 0 Å². The van der Waals surface area contributed by atoms with Crippen LogP contribution in [0.3, 0.4) is 0 Å². The minimum atomic E-state index is -1.28. The average Bonchev–Trinajstić information content (AvgIpc) is 2.96. The Morgan fingerprint density at radius 1 is 1.65 bits per heavy atom. The van der Waals surface area contributed by atoms with Crippen molar-refractivity contribution in [3.63, 3.8) is 0 Å². The predicted octanol–water partition coefficient (Wildman–Crippen LogP) is 2.13. The summed E-state index contributed by atoms with van der Waals surface area (Å²) in [5, 5.41) is 7.29. The van der Waals surface area contributed by atoms with Crippen LogP contribution in [0.1, 0.15) is 36.5 Å². The van der Waals surface area contributed by atoms with E-state index in [2.05, 4.69) is 10.4 Å². The Balaban J connectivity index is 2.06. The van der Waals surface area contributed by atoms with Gasteiger partial charge in [0.15, 0.2) is 0 Å². The van der Waals surface area contributed by atoms with Crippen molar-refractivity contribution in [1.82, 2.24) is 9.61 Å². The quantitative estimate of drug-likeness (QED) is 0.902. The van der Waals surface area contributed by atoms with Crippen LogP contribution in [0.5, 0.6) is 0 Å². The van der Waals surface area contributed by atoms with Crippen molar-refractivity contribution >= 4 is 17.1 Å². The lowest BCUT2D eigenvalue weighted by Gasteiger charge is -2.26. The fraction of sp³-hybridized carbons (Fsp3) is 0.429. The minimum absolute atomic E-state index is 0.291. The molecule has 106 valence electrons. The molecule has 2 heterocycles. The second-order valence-corrected chi connectivity index (χ2v) is 5.50. The zero-order chi connectivity index (χ0) is 14.3. The van der Waals surface area contributed by atoms with Crippen LogP contribution >= 0.6 is 0 Å². The Kier molecular flexibility index (Phi) is 2.88. The number of nitrogens with one attached hydrogen (secondary N) is 1. The maximum Gasteiger partial charge on any atom is 0.252 e. The first-order valence-electron chi connectivity index (χ1n) is 6.70. The van der Waals surface area contributed by atoms with Gasteiger partial charge in [0.05, 0.1) is 29.0 Å². The van der Waals surface area contributed by atoms with Gasteiger partial charge >= 0.3 is 0 Å². The summed E-state index contributed by atoms with van der Waals surface area (Å²) in [6.07, 6.45) is 5.29. The van der Waals surface area contributed by atoms with Gasteiger partial charge in [0.2, 0.25) is 0 Å². The molecule has 3 N–H and O–H groups in total. The topological polar surface area (TPSA) is 72.4 Å². The van der Waals surface area contributed by atoms with Crippen molar-refractivity contribution in [3.8, 4) is 0 Å². The lowest BCUT2D eigenvalue weighted by atomic mass is 10.0. The van der Waals surface area contributed by atoms with Gasteiger partial charge < -0.3 is 11.1 Å². The summed E-state index contributed by atoms with van der Waals surface area (Å²) < 4.78 is 16.1. The van der Waals surface area contributed by atoms with Crippen molar-refractivity contribution in [2.75, 3.05) is 5.32 Å². The zero-order valence-corrected chi connectivity index (χ0v) is 11.3. The molecule has 0 spiro atoms. The highest BCUT2D eigenvalue weighted by molar-refractivity contribution is 6.01. The maximum absolute atomic E-state index is 14.4. The molecular weight excluding hydrogens is 259 g/mol. The zero-order valence-electron chi connectivity index (χ0n) is 11.3. The van der Waals surface area contributed by atoms with E-state index in [1.165, 1.54) is 6.20 Å². The molecule has 0 bridgehead atoms. The van der Waals surface area contributed by atoms with E-state index in [4.69, 9.17) is 5.73 Å². The fourth-order valence-electron chi connectivity index (χ4n) is 2.86. The normalized spacial score (nSPS) is 26.0. The van der Waals surface area contributed by atoms with Crippen LogP contribution in [0, 0.1) is 0 Å². The van der Waals surface area contributed by atoms with E-state index in [0.717, 1.165) is 18.4 Å². The highest BCUT2D eigenvalue weighted by Gasteiger charge is 2.39. The number of hydrogen-bond donors (Lipinski definition) is 2. The summed E-state index contributed by atoms with van der Waals surface area (Å²) in [5.74, 6) is -0.567. The number of halogens is 1. The lowest BCUT2D eigenvalue weighted by Crippen LogP contribution is -2.36. The third-order valence-corrected chi connectivity index (χ3v) is 4.03. The van der Waals surface area contributed by atoms with Gasteiger partial charge in [-0.05, 0) is 38.3 Å². The predicted molar refractivity (Wildman–Crippen MR) is 74.5 cm³/mol. The molecule has 0 radical (unpaired) electrons. The average molecular weight is 276 g/mol. The van der Waals surface area contributed by atoms with Crippen LogP contribution < -0.4 is 11.1 Å². The van der Waals surface area contributed by atoms with E-state index in [1.54, 1.807) is 17.6 Å². The summed E-state index contributed by atoms with van der Waals surface area (Å²) in [5.41, 5.74) is 5.70. The lowest BCUT2D eigenvalue weighted by molar-refractivity contribution is 0.1000. The number of fused-ring (bicyclic) bond motifs is 1. The van der Waals surface area contributed by atoms with Crippen molar-refractivity contribution in [2.45, 2.75) is 37.9 Å². The fourth-order valence-corrected chi connectivity index (χ4v) is 2.86. The molecule has 3 rings (SSSR count). The van der Waals surface area contributed by atoms with Gasteiger partial charge in [0.1, 0.15) is 5.67 Å². The molecule has 0 aromatic carbocycles. The molecule has 0 unspecified atom stereocenters. The smallest absolute Gasteiger partial charge is 0.252 e. The molecule has 1 fully saturated rings. The largest absolute Gasteiger partial charge is 0.377 e. The van der Waals surface area contributed by atoms with Crippen LogP contribution in [-0.4, -0.2) is 27.2 Å². The van der Waals surface area contributed by atoms with Crippen LogP contribution in [0.4, 0.5) is 10.1 Å². The number of aromatic nitrogens is 2. The molecule has 1 amide bonds. The summed E-state index contributed by atoms with van der Waals surface area (Å²) in [6, 6.07) is 3.33. The molecule has 5 nitrogen and oxygen atoms in total. The Morgan fingerprint density at radius 3 is 3.10 bits per heavy atom. The van der Waals surface area contributed by atoms with Crippen molar-refractivity contribution in [1.29, 1.82) is 0 Å². The SMILES string of the molecule is C[C@]1(F)CCC[C@@H]1Nc1c(C(N)=O)cnn2cccc12. The number of carbonyl (C=O) groups is 1. The van der Waals surface area contributed by atoms with Gasteiger partial charge in [-0.2, -0.15) is 5.10 Å². The summed E-state index contributed by atoms with van der Waals surface area (Å²) in [4.78, 5) is 11.6. The van der Waals surface area contributed by atoms with Gasteiger partial charge in [-0.1, -0.05) is 0 Å². The summed E-state index contributed by atoms with van der Waals surface area (Å²) in [6.45, 7) is 1.60. The molecule has 1 aliphatic rings. The molecule has 1 saturated carbocycles. The van der Waals surface area contributed by atoms with Gasteiger partial charge in [-0.3, -0.25) is 4.79 Å². The van der Waals surface area contributed by atoms with Gasteiger partial charge in [-0.15, -0.1) is 0 Å². The van der Waals surface area contributed by atoms with Crippen molar-refractivity contribution in [2.24, 2.45) is 5.73 Å². The molecule has 1 aliphatic carbocycles. The van der Waals surface area contributed by atoms with E-state index in [1.807, 2.05) is 12.1 Å². The van der Waals surface area contributed by atoms with Crippen LogP contribution in [0.2, 0.25) is 0 Å². The van der Waals surface area contributed by atoms with Gasteiger partial charge in [-0.25, -0.2) is 8.91 Å². The second kappa shape index (κ2) is 4.47. The Hall–Kier alpha value is -2.11. The minimum Gasteiger partial charge on any atom is -0.377 e. The molecule has 0 aliphatic heterocycles. The molecule has 2 atom stereocenters. The first kappa shape index (κ1) is 12.9. The van der Waals surface area contributed by atoms with E-state index in [9.17, 15) is 9.18 Å². The van der Waals surface area contributed by atoms with Crippen LogP contribution in [0.25, 0.3) is 5.52 Å². The van der Waals surface area contributed by atoms with E-state index < -0.39 is 11.6 Å². The Morgan fingerprint density at radius 2 is 2.45 bits per heavy atom. The van der Waals surface area contributed by atoms with E-state index in [-0.39, 0.29) is 6.04 Å². The number of alkyl halides is 1. The Labute approximate surface area is 116 Å². The third-order valence-electron chi connectivity index (χ3n) is 4.03. The number of primary amides is 1. The molecule has 20 heavy (non-hydrogen) atoms. The monoisotopic (exact) mass is 276 g/mol. The highest BCUT2D eigenvalue weighted by Crippen LogP contribution is 2.36. The van der Waals surface area contributed by atoms with Crippen LogP contribution in [-0.2, 0) is 0 Å². The number of nitrogens with two attached hydrogens (primary N) is 1. The first-order valence-corrected chi connectivity index (χ1v) is 6.70. The molecule has 2 aromatic heterocycles. The number of amides is 1. The maximum atomic E-state index is 14.4. The van der Waals surface area contributed by atoms with E-state index in [0.29, 0.717) is 17.7 Å². The molecule has 2 aromatic rings. The van der Waals surface area contributed by atoms with Crippen molar-refractivity contribution in [3.05, 3.63) is 30.1 Å². The summed E-state index contributed by atoms with van der Waals surface area (Å²) in [7, 11) is 0. The number of carbonyl (C=O) groups excluding carboxylic acids is 1. The highest BCUT2D eigenvalue weighted by atomic mass is 19.1. The number of anilines is 1. The second-order valence-electron chi connectivity index (χ2n) is 5.50. The van der Waals surface area contributed by atoms with Gasteiger partial charge in [0, 0.05) is 6.20 Å².